The van der Waals surface area contributed by atoms with Crippen LogP contribution < -0.4 is 16.6 Å². The Bertz CT molecular complexity index is 524. The molecule has 4 N–H and O–H groups in total. The molecule has 2 rings (SSSR count). The molecule has 0 amide bonds. The van der Waals surface area contributed by atoms with Crippen molar-refractivity contribution in [2.45, 2.75) is 33.2 Å². The van der Waals surface area contributed by atoms with Crippen molar-refractivity contribution in [1.82, 2.24) is 9.97 Å². The molecule has 0 radical (unpaired) electrons. The Balaban J connectivity index is 2.19. The fourth-order valence-corrected chi connectivity index (χ4v) is 2.46. The highest BCUT2D eigenvalue weighted by atomic mass is 32.1. The summed E-state index contributed by atoms with van der Waals surface area (Å²) >= 11 is 1.69. The van der Waals surface area contributed by atoms with Gasteiger partial charge in [-0.15, -0.1) is 0 Å². The van der Waals surface area contributed by atoms with E-state index in [1.807, 2.05) is 6.92 Å². The van der Waals surface area contributed by atoms with Gasteiger partial charge in [0.25, 0.3) is 0 Å². The lowest BCUT2D eigenvalue weighted by Gasteiger charge is -2.13. The van der Waals surface area contributed by atoms with Crippen molar-refractivity contribution in [2.75, 3.05) is 10.7 Å². The number of nitrogens with zero attached hydrogens (tertiary/aromatic N) is 2. The van der Waals surface area contributed by atoms with Crippen LogP contribution in [0.3, 0.4) is 0 Å². The molecule has 2 heterocycles. The first-order valence-corrected chi connectivity index (χ1v) is 7.28. The molecule has 0 spiro atoms. The standard InChI is InChI=1S/C13H19N5S/c1-3-4-11-16-12(9(2)13(17-11)18-14)15-7-10-5-6-19-8-10/h5-6,8H,3-4,7,14H2,1-2H3,(H2,15,16,17,18). The highest BCUT2D eigenvalue weighted by Gasteiger charge is 2.09. The number of nitrogen functional groups attached to an aromatic ring is 1. The van der Waals surface area contributed by atoms with E-state index in [1.165, 1.54) is 5.56 Å². The zero-order chi connectivity index (χ0) is 13.7. The number of nitrogens with two attached hydrogens (primary N) is 1. The first kappa shape index (κ1) is 13.8. The number of rotatable bonds is 6. The van der Waals surface area contributed by atoms with Crippen LogP contribution in [0.4, 0.5) is 11.6 Å². The zero-order valence-electron chi connectivity index (χ0n) is 11.2. The van der Waals surface area contributed by atoms with Crippen LogP contribution in [0.1, 0.15) is 30.3 Å². The van der Waals surface area contributed by atoms with Crippen molar-refractivity contribution in [3.63, 3.8) is 0 Å². The molecule has 0 aliphatic carbocycles. The molecule has 0 fully saturated rings. The van der Waals surface area contributed by atoms with E-state index in [1.54, 1.807) is 11.3 Å². The van der Waals surface area contributed by atoms with Gasteiger partial charge in [0.1, 0.15) is 17.5 Å². The van der Waals surface area contributed by atoms with E-state index < -0.39 is 0 Å². The van der Waals surface area contributed by atoms with E-state index in [9.17, 15) is 0 Å². The second kappa shape index (κ2) is 6.49. The second-order valence-corrected chi connectivity index (χ2v) is 5.12. The molecule has 6 heteroatoms. The summed E-state index contributed by atoms with van der Waals surface area (Å²) in [5.74, 6) is 7.85. The van der Waals surface area contributed by atoms with Crippen molar-refractivity contribution < 1.29 is 0 Å². The van der Waals surface area contributed by atoms with E-state index in [2.05, 4.69) is 44.5 Å². The van der Waals surface area contributed by atoms with Crippen LogP contribution in [0.5, 0.6) is 0 Å². The number of anilines is 2. The number of aromatic nitrogens is 2. The van der Waals surface area contributed by atoms with Crippen LogP contribution in [0.25, 0.3) is 0 Å². The second-order valence-electron chi connectivity index (χ2n) is 4.34. The van der Waals surface area contributed by atoms with Gasteiger partial charge in [-0.2, -0.15) is 11.3 Å². The fraction of sp³-hybridized carbons (Fsp3) is 0.385. The SMILES string of the molecule is CCCc1nc(NN)c(C)c(NCc2ccsc2)n1. The minimum atomic E-state index is 0.686. The van der Waals surface area contributed by atoms with Crippen molar-refractivity contribution >= 4 is 23.0 Å². The van der Waals surface area contributed by atoms with Crippen LogP contribution >= 0.6 is 11.3 Å². The Labute approximate surface area is 117 Å². The third-order valence-corrected chi connectivity index (χ3v) is 3.57. The molecule has 0 atom stereocenters. The first-order valence-electron chi connectivity index (χ1n) is 6.33. The molecule has 0 bridgehead atoms. The Morgan fingerprint density at radius 3 is 2.74 bits per heavy atom. The van der Waals surface area contributed by atoms with Crippen molar-refractivity contribution in [2.24, 2.45) is 5.84 Å². The van der Waals surface area contributed by atoms with Gasteiger partial charge < -0.3 is 10.7 Å². The number of thiophene rings is 1. The monoisotopic (exact) mass is 277 g/mol. The van der Waals surface area contributed by atoms with Crippen molar-refractivity contribution in [3.8, 4) is 0 Å². The van der Waals surface area contributed by atoms with Gasteiger partial charge in [0.2, 0.25) is 0 Å². The van der Waals surface area contributed by atoms with Gasteiger partial charge in [-0.25, -0.2) is 15.8 Å². The molecular weight excluding hydrogens is 258 g/mol. The minimum absolute atomic E-state index is 0.686. The summed E-state index contributed by atoms with van der Waals surface area (Å²) in [5, 5.41) is 7.54. The van der Waals surface area contributed by atoms with Gasteiger partial charge in [0.05, 0.1) is 0 Å². The van der Waals surface area contributed by atoms with Crippen LogP contribution in [-0.2, 0) is 13.0 Å². The Hall–Kier alpha value is -1.66. The first-order chi connectivity index (χ1) is 9.24. The highest BCUT2D eigenvalue weighted by molar-refractivity contribution is 7.07. The molecule has 0 aromatic carbocycles. The predicted molar refractivity (Wildman–Crippen MR) is 80.2 cm³/mol. The molecule has 0 unspecified atom stereocenters. The maximum atomic E-state index is 5.51. The largest absolute Gasteiger partial charge is 0.366 e. The fourth-order valence-electron chi connectivity index (χ4n) is 1.79. The summed E-state index contributed by atoms with van der Waals surface area (Å²) in [5.41, 5.74) is 4.83. The van der Waals surface area contributed by atoms with Crippen molar-refractivity contribution in [1.29, 1.82) is 0 Å². The quantitative estimate of drug-likeness (QED) is 0.559. The summed E-state index contributed by atoms with van der Waals surface area (Å²) in [4.78, 5) is 8.96. The van der Waals surface area contributed by atoms with E-state index in [0.717, 1.165) is 36.6 Å². The molecule has 19 heavy (non-hydrogen) atoms. The van der Waals surface area contributed by atoms with E-state index in [-0.39, 0.29) is 0 Å². The normalized spacial score (nSPS) is 10.5. The zero-order valence-corrected chi connectivity index (χ0v) is 12.0. The molecule has 5 nitrogen and oxygen atoms in total. The van der Waals surface area contributed by atoms with Gasteiger partial charge >= 0.3 is 0 Å². The molecule has 0 saturated heterocycles. The average molecular weight is 277 g/mol. The maximum absolute atomic E-state index is 5.51. The van der Waals surface area contributed by atoms with Crippen molar-refractivity contribution in [3.05, 3.63) is 33.8 Å². The lowest BCUT2D eigenvalue weighted by Crippen LogP contribution is -2.15. The smallest absolute Gasteiger partial charge is 0.148 e. The summed E-state index contributed by atoms with van der Waals surface area (Å²) in [6.07, 6.45) is 1.86. The molecule has 102 valence electrons. The number of hydrazine groups is 1. The van der Waals surface area contributed by atoms with E-state index >= 15 is 0 Å². The number of aryl methyl sites for hydroxylation is 1. The van der Waals surface area contributed by atoms with E-state index in [4.69, 9.17) is 5.84 Å². The topological polar surface area (TPSA) is 75.9 Å². The molecule has 0 aliphatic rings. The molecule has 2 aromatic rings. The number of nitrogens with one attached hydrogen (secondary N) is 2. The van der Waals surface area contributed by atoms with Crippen LogP contribution in [0, 0.1) is 6.92 Å². The van der Waals surface area contributed by atoms with Gasteiger partial charge in [-0.3, -0.25) is 0 Å². The Morgan fingerprint density at radius 2 is 2.11 bits per heavy atom. The number of hydrogen-bond donors (Lipinski definition) is 3. The molecule has 0 aliphatic heterocycles. The van der Waals surface area contributed by atoms with E-state index in [0.29, 0.717) is 5.82 Å². The maximum Gasteiger partial charge on any atom is 0.148 e. The van der Waals surface area contributed by atoms with Crippen LogP contribution in [-0.4, -0.2) is 9.97 Å². The summed E-state index contributed by atoms with van der Waals surface area (Å²) in [6.45, 7) is 4.83. The summed E-state index contributed by atoms with van der Waals surface area (Å²) in [7, 11) is 0. The van der Waals surface area contributed by atoms with Gasteiger partial charge in [0.15, 0.2) is 0 Å². The molecule has 2 aromatic heterocycles. The van der Waals surface area contributed by atoms with Gasteiger partial charge in [0, 0.05) is 18.5 Å². The summed E-state index contributed by atoms with van der Waals surface area (Å²) in [6, 6.07) is 2.10. The third-order valence-electron chi connectivity index (χ3n) is 2.84. The third kappa shape index (κ3) is 3.42. The Kier molecular flexibility index (Phi) is 4.70. The molecular formula is C13H19N5S. The predicted octanol–water partition coefficient (Wildman–Crippen LogP) is 2.70. The molecule has 0 saturated carbocycles. The van der Waals surface area contributed by atoms with Crippen LogP contribution in [0.2, 0.25) is 0 Å². The number of hydrogen-bond acceptors (Lipinski definition) is 6. The lowest BCUT2D eigenvalue weighted by atomic mass is 10.2. The lowest BCUT2D eigenvalue weighted by molar-refractivity contribution is 0.830. The van der Waals surface area contributed by atoms with Crippen LogP contribution in [0.15, 0.2) is 16.8 Å². The average Bonchev–Trinajstić information content (AvgIpc) is 2.92. The van der Waals surface area contributed by atoms with Gasteiger partial charge in [-0.05, 0) is 35.7 Å². The van der Waals surface area contributed by atoms with Gasteiger partial charge in [-0.1, -0.05) is 6.92 Å². The minimum Gasteiger partial charge on any atom is -0.366 e. The Morgan fingerprint density at radius 1 is 1.32 bits per heavy atom. The summed E-state index contributed by atoms with van der Waals surface area (Å²) < 4.78 is 0. The highest BCUT2D eigenvalue weighted by Crippen LogP contribution is 2.20.